The molecule has 0 aromatic heterocycles. The molecule has 0 amide bonds. The Balaban J connectivity index is 1.83. The van der Waals surface area contributed by atoms with Crippen LogP contribution < -0.4 is 0 Å². The Hall–Kier alpha value is -2.72. The molecule has 0 fully saturated rings. The fourth-order valence-corrected chi connectivity index (χ4v) is 2.60. The third-order valence-electron chi connectivity index (χ3n) is 3.73. The molecule has 0 heterocycles. The van der Waals surface area contributed by atoms with E-state index in [9.17, 15) is 4.79 Å². The molecule has 0 saturated heterocycles. The highest BCUT2D eigenvalue weighted by Gasteiger charge is 2.15. The summed E-state index contributed by atoms with van der Waals surface area (Å²) in [6.45, 7) is 7.51. The van der Waals surface area contributed by atoms with Crippen molar-refractivity contribution < 1.29 is 14.3 Å². The van der Waals surface area contributed by atoms with Gasteiger partial charge in [0.25, 0.3) is 0 Å². The first kappa shape index (κ1) is 19.6. The van der Waals surface area contributed by atoms with Crippen LogP contribution >= 0.6 is 12.2 Å². The van der Waals surface area contributed by atoms with Crippen LogP contribution in [0.2, 0.25) is 0 Å². The van der Waals surface area contributed by atoms with E-state index < -0.39 is 6.10 Å². The normalized spacial score (nSPS) is 12.5. The number of ether oxygens (including phenoxy) is 2. The third-order valence-corrected chi connectivity index (χ3v) is 4.03. The zero-order chi connectivity index (χ0) is 18.8. The smallest absolute Gasteiger partial charge is 0.307 e. The fourth-order valence-electron chi connectivity index (χ4n) is 2.40. The van der Waals surface area contributed by atoms with Crippen LogP contribution in [-0.2, 0) is 14.3 Å². The lowest BCUT2D eigenvalue weighted by Gasteiger charge is -2.17. The van der Waals surface area contributed by atoms with Gasteiger partial charge < -0.3 is 9.47 Å². The molecule has 2 rings (SSSR count). The summed E-state index contributed by atoms with van der Waals surface area (Å²) in [6.07, 6.45) is 2.95. The second kappa shape index (κ2) is 10.3. The molecule has 0 bridgehead atoms. The molecule has 26 heavy (non-hydrogen) atoms. The average molecular weight is 366 g/mol. The number of rotatable bonds is 9. The minimum Gasteiger partial charge on any atom is -0.475 e. The molecule has 0 aliphatic rings. The van der Waals surface area contributed by atoms with Crippen LogP contribution in [0.1, 0.15) is 36.2 Å². The van der Waals surface area contributed by atoms with Crippen molar-refractivity contribution in [3.05, 3.63) is 97.1 Å². The number of thiocarbonyl (C=S) groups is 1. The summed E-state index contributed by atoms with van der Waals surface area (Å²) >= 11 is 5.25. The molecule has 134 valence electrons. The van der Waals surface area contributed by atoms with E-state index in [1.807, 2.05) is 60.7 Å². The van der Waals surface area contributed by atoms with Gasteiger partial charge in [0, 0.05) is 6.42 Å². The summed E-state index contributed by atoms with van der Waals surface area (Å²) in [5.74, 6) is -0.348. The molecule has 2 aromatic rings. The Labute approximate surface area is 160 Å². The molecular weight excluding hydrogens is 344 g/mol. The monoisotopic (exact) mass is 366 g/mol. The van der Waals surface area contributed by atoms with Gasteiger partial charge in [0.15, 0.2) is 5.05 Å². The average Bonchev–Trinajstić information content (AvgIpc) is 2.70. The number of carbonyl (C=O) groups is 1. The Morgan fingerprint density at radius 3 is 1.77 bits per heavy atom. The number of hydrogen-bond acceptors (Lipinski definition) is 4. The van der Waals surface area contributed by atoms with Crippen LogP contribution in [-0.4, -0.2) is 11.0 Å². The molecular formula is C22H22O3S. The van der Waals surface area contributed by atoms with Gasteiger partial charge in [-0.2, -0.15) is 0 Å². The van der Waals surface area contributed by atoms with Crippen LogP contribution in [0.3, 0.4) is 0 Å². The maximum atomic E-state index is 12.1. The second-order valence-electron chi connectivity index (χ2n) is 5.61. The van der Waals surface area contributed by atoms with Crippen LogP contribution in [0.5, 0.6) is 0 Å². The zero-order valence-electron chi connectivity index (χ0n) is 14.5. The van der Waals surface area contributed by atoms with Gasteiger partial charge in [0.2, 0.25) is 0 Å². The van der Waals surface area contributed by atoms with Gasteiger partial charge in [-0.1, -0.05) is 73.8 Å². The first-order chi connectivity index (χ1) is 12.6. The lowest BCUT2D eigenvalue weighted by atomic mass is 10.1. The van der Waals surface area contributed by atoms with E-state index in [1.165, 1.54) is 0 Å². The third kappa shape index (κ3) is 5.97. The maximum absolute atomic E-state index is 12.1. The molecule has 4 heteroatoms. The molecule has 0 aliphatic carbocycles. The SMILES string of the molecule is C=CC(OC(=O)CCC(=S)OC(C=C)c1ccccc1)c1ccccc1. The van der Waals surface area contributed by atoms with E-state index >= 15 is 0 Å². The predicted molar refractivity (Wildman–Crippen MR) is 108 cm³/mol. The predicted octanol–water partition coefficient (Wildman–Crippen LogP) is 5.51. The van der Waals surface area contributed by atoms with Gasteiger partial charge >= 0.3 is 5.97 Å². The number of esters is 1. The quantitative estimate of drug-likeness (QED) is 0.333. The fraction of sp³-hybridized carbons (Fsp3) is 0.182. The number of hydrogen-bond donors (Lipinski definition) is 0. The topological polar surface area (TPSA) is 35.5 Å². The number of carbonyl (C=O) groups excluding carboxylic acids is 1. The van der Waals surface area contributed by atoms with Gasteiger partial charge in [0.05, 0.1) is 6.42 Å². The van der Waals surface area contributed by atoms with Crippen molar-refractivity contribution in [1.82, 2.24) is 0 Å². The van der Waals surface area contributed by atoms with Crippen molar-refractivity contribution in [2.45, 2.75) is 25.0 Å². The van der Waals surface area contributed by atoms with Gasteiger partial charge in [-0.05, 0) is 35.5 Å². The molecule has 3 nitrogen and oxygen atoms in total. The summed E-state index contributed by atoms with van der Waals surface area (Å²) < 4.78 is 11.2. The molecule has 2 aromatic carbocycles. The Morgan fingerprint density at radius 2 is 1.31 bits per heavy atom. The lowest BCUT2D eigenvalue weighted by molar-refractivity contribution is -0.147. The molecule has 0 radical (unpaired) electrons. The summed E-state index contributed by atoms with van der Waals surface area (Å²) in [5, 5.41) is 0.352. The maximum Gasteiger partial charge on any atom is 0.307 e. The molecule has 0 N–H and O–H groups in total. The summed E-state index contributed by atoms with van der Waals surface area (Å²) in [5.41, 5.74) is 1.84. The Bertz CT molecular complexity index is 675. The van der Waals surface area contributed by atoms with Gasteiger partial charge in [-0.25, -0.2) is 0 Å². The largest absolute Gasteiger partial charge is 0.475 e. The van der Waals surface area contributed by atoms with E-state index in [1.54, 1.807) is 12.2 Å². The van der Waals surface area contributed by atoms with Crippen LogP contribution in [0.25, 0.3) is 0 Å². The van der Waals surface area contributed by atoms with Gasteiger partial charge in [0.1, 0.15) is 12.2 Å². The van der Waals surface area contributed by atoms with E-state index in [0.29, 0.717) is 11.5 Å². The Morgan fingerprint density at radius 1 is 0.846 bits per heavy atom. The van der Waals surface area contributed by atoms with Crippen molar-refractivity contribution >= 4 is 23.2 Å². The zero-order valence-corrected chi connectivity index (χ0v) is 15.4. The van der Waals surface area contributed by atoms with Crippen molar-refractivity contribution in [1.29, 1.82) is 0 Å². The van der Waals surface area contributed by atoms with E-state index in [4.69, 9.17) is 21.7 Å². The van der Waals surface area contributed by atoms with Gasteiger partial charge in [-0.15, -0.1) is 0 Å². The second-order valence-corrected chi connectivity index (χ2v) is 6.07. The highest BCUT2D eigenvalue weighted by molar-refractivity contribution is 7.80. The van der Waals surface area contributed by atoms with Crippen LogP contribution in [0, 0.1) is 0 Å². The summed E-state index contributed by atoms with van der Waals surface area (Å²) in [4.78, 5) is 12.1. The summed E-state index contributed by atoms with van der Waals surface area (Å²) in [6, 6.07) is 19.1. The van der Waals surface area contributed by atoms with Gasteiger partial charge in [-0.3, -0.25) is 4.79 Å². The van der Waals surface area contributed by atoms with E-state index in [0.717, 1.165) is 11.1 Å². The van der Waals surface area contributed by atoms with Crippen molar-refractivity contribution in [3.63, 3.8) is 0 Å². The molecule has 2 unspecified atom stereocenters. The Kier molecular flexibility index (Phi) is 7.77. The van der Waals surface area contributed by atoms with E-state index in [2.05, 4.69) is 13.2 Å². The first-order valence-corrected chi connectivity index (χ1v) is 8.79. The summed E-state index contributed by atoms with van der Waals surface area (Å²) in [7, 11) is 0. The van der Waals surface area contributed by atoms with Crippen molar-refractivity contribution in [3.8, 4) is 0 Å². The molecule has 2 atom stereocenters. The van der Waals surface area contributed by atoms with Crippen LogP contribution in [0.4, 0.5) is 0 Å². The minimum atomic E-state index is -0.469. The highest BCUT2D eigenvalue weighted by atomic mass is 32.1. The lowest BCUT2D eigenvalue weighted by Crippen LogP contribution is -2.13. The van der Waals surface area contributed by atoms with E-state index in [-0.39, 0.29) is 18.5 Å². The molecule has 0 saturated carbocycles. The first-order valence-electron chi connectivity index (χ1n) is 8.38. The standard InChI is InChI=1S/C22H22O3S/c1-3-19(17-11-7-5-8-12-17)24-21(23)15-16-22(26)25-20(4-2)18-13-9-6-10-14-18/h3-14,19-20H,1-2,15-16H2. The van der Waals surface area contributed by atoms with Crippen molar-refractivity contribution in [2.24, 2.45) is 0 Å². The minimum absolute atomic E-state index is 0.147. The van der Waals surface area contributed by atoms with Crippen LogP contribution in [0.15, 0.2) is 86.0 Å². The number of benzene rings is 2. The highest BCUT2D eigenvalue weighted by Crippen LogP contribution is 2.21. The van der Waals surface area contributed by atoms with Crippen molar-refractivity contribution in [2.75, 3.05) is 0 Å². The molecule has 0 aliphatic heterocycles. The molecule has 0 spiro atoms.